The summed E-state index contributed by atoms with van der Waals surface area (Å²) in [4.78, 5) is 4.29. The van der Waals surface area contributed by atoms with Crippen LogP contribution in [-0.2, 0) is 5.33 Å². The SMILES string of the molecule is C=C(C)C(O)c1ncccc1Oc1ccc(N(N)CC2CC2)c(NC)c1CBr. The van der Waals surface area contributed by atoms with E-state index in [9.17, 15) is 5.11 Å². The molecule has 1 saturated carbocycles. The topological polar surface area (TPSA) is 83.6 Å². The van der Waals surface area contributed by atoms with E-state index in [1.807, 2.05) is 19.2 Å². The van der Waals surface area contributed by atoms with Crippen molar-refractivity contribution in [3.8, 4) is 11.5 Å². The molecule has 150 valence electrons. The van der Waals surface area contributed by atoms with Gasteiger partial charge in [0, 0.05) is 30.7 Å². The average molecular weight is 447 g/mol. The van der Waals surface area contributed by atoms with Gasteiger partial charge in [-0.3, -0.25) is 4.98 Å². The molecule has 0 bridgehead atoms. The fraction of sp³-hybridized carbons (Fsp3) is 0.381. The number of nitrogens with zero attached hydrogens (tertiary/aromatic N) is 2. The number of hydrogen-bond donors (Lipinski definition) is 3. The van der Waals surface area contributed by atoms with Crippen molar-refractivity contribution in [2.75, 3.05) is 23.9 Å². The van der Waals surface area contributed by atoms with E-state index in [0.29, 0.717) is 34.0 Å². The number of aliphatic hydroxyl groups is 1. The Morgan fingerprint density at radius 3 is 2.79 bits per heavy atom. The number of rotatable bonds is 9. The minimum Gasteiger partial charge on any atom is -0.455 e. The highest BCUT2D eigenvalue weighted by atomic mass is 79.9. The van der Waals surface area contributed by atoms with Crippen molar-refractivity contribution in [2.45, 2.75) is 31.2 Å². The molecule has 4 N–H and O–H groups in total. The predicted molar refractivity (Wildman–Crippen MR) is 117 cm³/mol. The quantitative estimate of drug-likeness (QED) is 0.227. The van der Waals surface area contributed by atoms with Gasteiger partial charge in [-0.2, -0.15) is 0 Å². The molecule has 0 saturated heterocycles. The number of pyridine rings is 1. The maximum atomic E-state index is 10.4. The van der Waals surface area contributed by atoms with Crippen LogP contribution in [0.15, 0.2) is 42.6 Å². The molecule has 3 rings (SSSR count). The highest BCUT2D eigenvalue weighted by Gasteiger charge is 2.25. The summed E-state index contributed by atoms with van der Waals surface area (Å²) in [7, 11) is 1.88. The molecule has 2 aromatic rings. The van der Waals surface area contributed by atoms with E-state index in [0.717, 1.165) is 23.5 Å². The van der Waals surface area contributed by atoms with E-state index < -0.39 is 6.10 Å². The van der Waals surface area contributed by atoms with Gasteiger partial charge in [-0.05, 0) is 55.5 Å². The lowest BCUT2D eigenvalue weighted by molar-refractivity contribution is 0.207. The largest absolute Gasteiger partial charge is 0.455 e. The van der Waals surface area contributed by atoms with Crippen molar-refractivity contribution in [1.82, 2.24) is 4.98 Å². The minimum atomic E-state index is -0.885. The molecule has 0 radical (unpaired) electrons. The fourth-order valence-corrected chi connectivity index (χ4v) is 3.64. The molecule has 1 atom stereocenters. The Morgan fingerprint density at radius 2 is 2.18 bits per heavy atom. The summed E-state index contributed by atoms with van der Waals surface area (Å²) in [6, 6.07) is 7.44. The van der Waals surface area contributed by atoms with Crippen LogP contribution in [0, 0.1) is 5.92 Å². The van der Waals surface area contributed by atoms with Crippen molar-refractivity contribution < 1.29 is 9.84 Å². The molecule has 1 heterocycles. The van der Waals surface area contributed by atoms with E-state index in [-0.39, 0.29) is 0 Å². The number of anilines is 2. The average Bonchev–Trinajstić information content (AvgIpc) is 3.51. The highest BCUT2D eigenvalue weighted by Crippen LogP contribution is 2.41. The lowest BCUT2D eigenvalue weighted by atomic mass is 10.1. The van der Waals surface area contributed by atoms with Crippen LogP contribution in [0.25, 0.3) is 0 Å². The van der Waals surface area contributed by atoms with E-state index in [1.165, 1.54) is 12.8 Å². The molecule has 6 nitrogen and oxygen atoms in total. The van der Waals surface area contributed by atoms with Gasteiger partial charge in [-0.15, -0.1) is 0 Å². The molecular formula is C21H27BrN4O2. The smallest absolute Gasteiger partial charge is 0.151 e. The first-order chi connectivity index (χ1) is 13.5. The predicted octanol–water partition coefficient (Wildman–Crippen LogP) is 4.51. The summed E-state index contributed by atoms with van der Waals surface area (Å²) in [6.45, 7) is 6.42. The van der Waals surface area contributed by atoms with Crippen molar-refractivity contribution in [3.05, 3.63) is 53.9 Å². The second kappa shape index (κ2) is 8.94. The molecule has 1 aromatic heterocycles. The van der Waals surface area contributed by atoms with Gasteiger partial charge >= 0.3 is 0 Å². The maximum absolute atomic E-state index is 10.4. The molecular weight excluding hydrogens is 420 g/mol. The number of ether oxygens (including phenoxy) is 1. The Morgan fingerprint density at radius 1 is 1.43 bits per heavy atom. The van der Waals surface area contributed by atoms with Gasteiger partial charge in [0.15, 0.2) is 5.75 Å². The number of nitrogens with one attached hydrogen (secondary N) is 1. The first-order valence-corrected chi connectivity index (χ1v) is 10.5. The van der Waals surface area contributed by atoms with Gasteiger partial charge in [-0.25, -0.2) is 5.84 Å². The van der Waals surface area contributed by atoms with Gasteiger partial charge in [0.05, 0.1) is 11.4 Å². The van der Waals surface area contributed by atoms with Crippen LogP contribution >= 0.6 is 15.9 Å². The normalized spacial score (nSPS) is 14.5. The van der Waals surface area contributed by atoms with Crippen LogP contribution in [0.4, 0.5) is 11.4 Å². The number of aromatic nitrogens is 1. The zero-order valence-corrected chi connectivity index (χ0v) is 17.9. The van der Waals surface area contributed by atoms with Crippen molar-refractivity contribution in [2.24, 2.45) is 11.8 Å². The van der Waals surface area contributed by atoms with Crippen LogP contribution in [0.3, 0.4) is 0 Å². The first-order valence-electron chi connectivity index (χ1n) is 9.34. The summed E-state index contributed by atoms with van der Waals surface area (Å²) in [6.07, 6.45) is 3.23. The second-order valence-corrected chi connectivity index (χ2v) is 7.71. The zero-order valence-electron chi connectivity index (χ0n) is 16.3. The summed E-state index contributed by atoms with van der Waals surface area (Å²) in [5, 5.41) is 16.1. The number of benzene rings is 1. The Labute approximate surface area is 174 Å². The van der Waals surface area contributed by atoms with E-state index in [4.69, 9.17) is 10.6 Å². The summed E-state index contributed by atoms with van der Waals surface area (Å²) >= 11 is 3.57. The zero-order chi connectivity index (χ0) is 20.3. The highest BCUT2D eigenvalue weighted by molar-refractivity contribution is 9.08. The van der Waals surface area contributed by atoms with Gasteiger partial charge < -0.3 is 20.2 Å². The molecule has 1 aliphatic rings. The van der Waals surface area contributed by atoms with Crippen LogP contribution in [0.5, 0.6) is 11.5 Å². The number of nitrogens with two attached hydrogens (primary N) is 1. The lowest BCUT2D eigenvalue weighted by Crippen LogP contribution is -2.33. The standard InChI is InChI=1S/C21H27BrN4O2/c1-13(2)21(27)20-18(5-4-10-25-20)28-17-9-8-16(19(24-3)15(17)11-22)26(23)12-14-6-7-14/h4-5,8-10,14,21,24,27H,1,6-7,11-12,23H2,2-3H3. The Hall–Kier alpha value is -2.09. The number of hydrazine groups is 1. The Kier molecular flexibility index (Phi) is 6.59. The van der Waals surface area contributed by atoms with Crippen LogP contribution in [0.2, 0.25) is 0 Å². The number of halogens is 1. The Balaban J connectivity index is 1.96. The summed E-state index contributed by atoms with van der Waals surface area (Å²) < 4.78 is 6.18. The second-order valence-electron chi connectivity index (χ2n) is 7.15. The van der Waals surface area contributed by atoms with E-state index >= 15 is 0 Å². The van der Waals surface area contributed by atoms with Crippen LogP contribution < -0.4 is 20.9 Å². The van der Waals surface area contributed by atoms with E-state index in [2.05, 4.69) is 32.8 Å². The first kappa shape index (κ1) is 20.6. The van der Waals surface area contributed by atoms with Gasteiger partial charge in [-0.1, -0.05) is 22.5 Å². The molecule has 1 fully saturated rings. The van der Waals surface area contributed by atoms with Crippen molar-refractivity contribution >= 4 is 27.3 Å². The number of hydrogen-bond acceptors (Lipinski definition) is 6. The number of alkyl halides is 1. The van der Waals surface area contributed by atoms with E-state index in [1.54, 1.807) is 30.3 Å². The third-order valence-electron chi connectivity index (χ3n) is 4.84. The van der Waals surface area contributed by atoms with Crippen molar-refractivity contribution in [3.63, 3.8) is 0 Å². The Bertz CT molecular complexity index is 854. The van der Waals surface area contributed by atoms with Gasteiger partial charge in [0.2, 0.25) is 0 Å². The molecule has 1 aromatic carbocycles. The molecule has 0 aliphatic heterocycles. The van der Waals surface area contributed by atoms with Gasteiger partial charge in [0.25, 0.3) is 0 Å². The fourth-order valence-electron chi connectivity index (χ4n) is 3.09. The van der Waals surface area contributed by atoms with Crippen LogP contribution in [0.1, 0.15) is 37.1 Å². The molecule has 1 unspecified atom stereocenters. The molecule has 0 amide bonds. The van der Waals surface area contributed by atoms with Crippen LogP contribution in [-0.4, -0.2) is 23.7 Å². The monoisotopic (exact) mass is 446 g/mol. The molecule has 1 aliphatic carbocycles. The third-order valence-corrected chi connectivity index (χ3v) is 5.40. The summed E-state index contributed by atoms with van der Waals surface area (Å²) in [5.74, 6) is 8.17. The maximum Gasteiger partial charge on any atom is 0.151 e. The molecule has 7 heteroatoms. The number of aliphatic hydroxyl groups excluding tert-OH is 1. The van der Waals surface area contributed by atoms with Gasteiger partial charge in [0.1, 0.15) is 17.5 Å². The van der Waals surface area contributed by atoms with Crippen molar-refractivity contribution in [1.29, 1.82) is 0 Å². The lowest BCUT2D eigenvalue weighted by Gasteiger charge is -2.25. The summed E-state index contributed by atoms with van der Waals surface area (Å²) in [5.41, 5.74) is 3.85. The molecule has 28 heavy (non-hydrogen) atoms. The molecule has 0 spiro atoms. The minimum absolute atomic E-state index is 0.444. The third kappa shape index (κ3) is 4.48.